The fourth-order valence-electron chi connectivity index (χ4n) is 2.49. The summed E-state index contributed by atoms with van der Waals surface area (Å²) in [7, 11) is 1.88. The van der Waals surface area contributed by atoms with Gasteiger partial charge < -0.3 is 10.2 Å². The average Bonchev–Trinajstić information content (AvgIpc) is 3.08. The van der Waals surface area contributed by atoms with Crippen molar-refractivity contribution < 1.29 is 4.79 Å². The summed E-state index contributed by atoms with van der Waals surface area (Å²) in [6.07, 6.45) is 0. The maximum absolute atomic E-state index is 12.0. The minimum atomic E-state index is -0.00633. The molecule has 7 heteroatoms. The first-order valence-electron chi connectivity index (χ1n) is 7.88. The quantitative estimate of drug-likeness (QED) is 0.774. The first-order chi connectivity index (χ1) is 11.5. The van der Waals surface area contributed by atoms with Crippen LogP contribution in [-0.2, 0) is 4.79 Å². The van der Waals surface area contributed by atoms with Gasteiger partial charge in [0, 0.05) is 13.1 Å². The Bertz CT molecular complexity index is 853. The molecule has 0 bridgehead atoms. The zero-order valence-corrected chi connectivity index (χ0v) is 15.1. The van der Waals surface area contributed by atoms with Crippen LogP contribution in [0.3, 0.4) is 0 Å². The Hall–Kier alpha value is -2.41. The third kappa shape index (κ3) is 3.26. The molecule has 1 N–H and O–H groups in total. The number of amides is 1. The van der Waals surface area contributed by atoms with Gasteiger partial charge in [-0.2, -0.15) is 10.1 Å². The summed E-state index contributed by atoms with van der Waals surface area (Å²) < 4.78 is 2.90. The summed E-state index contributed by atoms with van der Waals surface area (Å²) in [5.41, 5.74) is 2.75. The van der Waals surface area contributed by atoms with Gasteiger partial charge in [-0.25, -0.2) is 4.68 Å². The number of likely N-dealkylation sites (N-methyl/N-ethyl adjacent to an activating group) is 1. The van der Waals surface area contributed by atoms with Gasteiger partial charge in [-0.05, 0) is 32.9 Å². The van der Waals surface area contributed by atoms with Gasteiger partial charge in [0.2, 0.25) is 5.91 Å². The lowest BCUT2D eigenvalue weighted by molar-refractivity contribution is -0.120. The molecule has 0 saturated carbocycles. The van der Waals surface area contributed by atoms with Crippen molar-refractivity contribution in [1.29, 1.82) is 0 Å². The maximum Gasteiger partial charge on any atom is 0.239 e. The number of aryl methyl sites for hydroxylation is 1. The Kier molecular flexibility index (Phi) is 4.53. The van der Waals surface area contributed by atoms with Gasteiger partial charge in [-0.15, -0.1) is 0 Å². The Morgan fingerprint density at radius 2 is 2.04 bits per heavy atom. The van der Waals surface area contributed by atoms with Crippen LogP contribution in [0, 0.1) is 6.92 Å². The molecule has 24 heavy (non-hydrogen) atoms. The number of thiazole rings is 1. The summed E-state index contributed by atoms with van der Waals surface area (Å²) >= 11 is 1.56. The number of fused-ring (bicyclic) bond motifs is 1. The molecule has 1 aromatic carbocycles. The number of hydrogen-bond acceptors (Lipinski definition) is 5. The Morgan fingerprint density at radius 1 is 1.33 bits per heavy atom. The SMILES string of the molecule is Cc1nn(-c2ccccc2)c2nc(N(C)CC(=O)NC(C)C)sc12. The van der Waals surface area contributed by atoms with Gasteiger partial charge in [0.15, 0.2) is 10.8 Å². The molecule has 0 aliphatic carbocycles. The number of hydrogen-bond donors (Lipinski definition) is 1. The lowest BCUT2D eigenvalue weighted by Crippen LogP contribution is -2.38. The van der Waals surface area contributed by atoms with E-state index in [1.165, 1.54) is 0 Å². The van der Waals surface area contributed by atoms with E-state index in [9.17, 15) is 4.79 Å². The molecular weight excluding hydrogens is 322 g/mol. The number of aromatic nitrogens is 3. The normalized spacial score (nSPS) is 11.2. The first kappa shape index (κ1) is 16.4. The van der Waals surface area contributed by atoms with E-state index in [1.54, 1.807) is 11.3 Å². The maximum atomic E-state index is 12.0. The molecule has 126 valence electrons. The Morgan fingerprint density at radius 3 is 2.71 bits per heavy atom. The van der Waals surface area contributed by atoms with Crippen LogP contribution >= 0.6 is 11.3 Å². The molecule has 0 aliphatic heterocycles. The van der Waals surface area contributed by atoms with Gasteiger partial charge in [0.1, 0.15) is 0 Å². The lowest BCUT2D eigenvalue weighted by atomic mass is 10.3. The van der Waals surface area contributed by atoms with Crippen molar-refractivity contribution in [2.45, 2.75) is 26.8 Å². The highest BCUT2D eigenvalue weighted by Gasteiger charge is 2.18. The molecule has 1 amide bonds. The van der Waals surface area contributed by atoms with Crippen LogP contribution in [0.5, 0.6) is 0 Å². The van der Waals surface area contributed by atoms with E-state index in [0.29, 0.717) is 0 Å². The van der Waals surface area contributed by atoms with Crippen LogP contribution in [0.2, 0.25) is 0 Å². The van der Waals surface area contributed by atoms with Crippen molar-refractivity contribution in [2.24, 2.45) is 0 Å². The Balaban J connectivity index is 1.90. The minimum absolute atomic E-state index is 0.00633. The smallest absolute Gasteiger partial charge is 0.239 e. The van der Waals surface area contributed by atoms with Crippen molar-refractivity contribution >= 4 is 32.7 Å². The molecule has 0 aliphatic rings. The van der Waals surface area contributed by atoms with E-state index in [-0.39, 0.29) is 18.5 Å². The predicted octanol–water partition coefficient (Wildman–Crippen LogP) is 2.75. The van der Waals surface area contributed by atoms with Gasteiger partial charge in [-0.3, -0.25) is 4.79 Å². The van der Waals surface area contributed by atoms with Crippen molar-refractivity contribution in [3.63, 3.8) is 0 Å². The zero-order chi connectivity index (χ0) is 17.3. The molecule has 2 aromatic heterocycles. The number of para-hydroxylation sites is 1. The molecule has 3 aromatic rings. The van der Waals surface area contributed by atoms with Crippen LogP contribution in [0.4, 0.5) is 5.13 Å². The molecule has 0 spiro atoms. The second-order valence-electron chi connectivity index (χ2n) is 6.06. The number of carbonyl (C=O) groups is 1. The highest BCUT2D eigenvalue weighted by molar-refractivity contribution is 7.22. The average molecular weight is 343 g/mol. The van der Waals surface area contributed by atoms with E-state index in [4.69, 9.17) is 4.98 Å². The van der Waals surface area contributed by atoms with Gasteiger partial charge in [-0.1, -0.05) is 29.5 Å². The number of carbonyl (C=O) groups excluding carboxylic acids is 1. The van der Waals surface area contributed by atoms with E-state index in [1.807, 2.05) is 67.7 Å². The molecule has 3 rings (SSSR count). The van der Waals surface area contributed by atoms with Crippen LogP contribution in [0.1, 0.15) is 19.5 Å². The second kappa shape index (κ2) is 6.60. The van der Waals surface area contributed by atoms with Gasteiger partial charge in [0.25, 0.3) is 0 Å². The van der Waals surface area contributed by atoms with Gasteiger partial charge in [0.05, 0.1) is 22.6 Å². The fourth-order valence-corrected chi connectivity index (χ4v) is 3.43. The molecule has 0 unspecified atom stereocenters. The predicted molar refractivity (Wildman–Crippen MR) is 98.0 cm³/mol. The van der Waals surface area contributed by atoms with Crippen LogP contribution in [0.15, 0.2) is 30.3 Å². The summed E-state index contributed by atoms with van der Waals surface area (Å²) in [5, 5.41) is 8.30. The number of nitrogens with one attached hydrogen (secondary N) is 1. The summed E-state index contributed by atoms with van der Waals surface area (Å²) in [6, 6.07) is 10.1. The monoisotopic (exact) mass is 343 g/mol. The molecule has 2 heterocycles. The second-order valence-corrected chi connectivity index (χ2v) is 7.04. The largest absolute Gasteiger partial charge is 0.352 e. The first-order valence-corrected chi connectivity index (χ1v) is 8.69. The summed E-state index contributed by atoms with van der Waals surface area (Å²) in [6.45, 7) is 6.17. The van der Waals surface area contributed by atoms with E-state index in [2.05, 4.69) is 10.4 Å². The van der Waals surface area contributed by atoms with Crippen molar-refractivity contribution in [1.82, 2.24) is 20.1 Å². The molecule has 6 nitrogen and oxygen atoms in total. The lowest BCUT2D eigenvalue weighted by Gasteiger charge is -2.16. The van der Waals surface area contributed by atoms with E-state index < -0.39 is 0 Å². The number of rotatable bonds is 5. The molecule has 0 atom stereocenters. The summed E-state index contributed by atoms with van der Waals surface area (Å²) in [5.74, 6) is -0.00633. The number of benzene rings is 1. The topological polar surface area (TPSA) is 63.1 Å². The van der Waals surface area contributed by atoms with Crippen LogP contribution in [-0.4, -0.2) is 40.3 Å². The van der Waals surface area contributed by atoms with E-state index in [0.717, 1.165) is 26.9 Å². The standard InChI is InChI=1S/C17H21N5OS/c1-11(2)18-14(23)10-21(4)17-19-16-15(24-17)12(3)20-22(16)13-8-6-5-7-9-13/h5-9,11H,10H2,1-4H3,(H,18,23). The van der Waals surface area contributed by atoms with E-state index >= 15 is 0 Å². The number of anilines is 1. The van der Waals surface area contributed by atoms with Crippen LogP contribution < -0.4 is 10.2 Å². The Labute approximate surface area is 145 Å². The van der Waals surface area contributed by atoms with Crippen molar-refractivity contribution in [3.05, 3.63) is 36.0 Å². The van der Waals surface area contributed by atoms with Crippen LogP contribution in [0.25, 0.3) is 16.0 Å². The molecule has 0 saturated heterocycles. The van der Waals surface area contributed by atoms with Gasteiger partial charge >= 0.3 is 0 Å². The van der Waals surface area contributed by atoms with Crippen molar-refractivity contribution in [3.8, 4) is 5.69 Å². The fraction of sp³-hybridized carbons (Fsp3) is 0.353. The number of nitrogens with zero attached hydrogens (tertiary/aromatic N) is 4. The molecular formula is C17H21N5OS. The highest BCUT2D eigenvalue weighted by Crippen LogP contribution is 2.31. The molecule has 0 radical (unpaired) electrons. The third-order valence-corrected chi connectivity index (χ3v) is 4.80. The van der Waals surface area contributed by atoms with Crippen molar-refractivity contribution in [2.75, 3.05) is 18.5 Å². The third-order valence-electron chi connectivity index (χ3n) is 3.53. The minimum Gasteiger partial charge on any atom is -0.352 e. The zero-order valence-electron chi connectivity index (χ0n) is 14.3. The molecule has 0 fully saturated rings. The highest BCUT2D eigenvalue weighted by atomic mass is 32.1. The summed E-state index contributed by atoms with van der Waals surface area (Å²) in [4.78, 5) is 18.5.